The fourth-order valence-electron chi connectivity index (χ4n) is 3.66. The third kappa shape index (κ3) is 5.08. The highest BCUT2D eigenvalue weighted by atomic mass is 79.9. The molecule has 7 heteroatoms. The van der Waals surface area contributed by atoms with Crippen LogP contribution < -0.4 is 5.32 Å². The molecule has 1 aliphatic rings. The van der Waals surface area contributed by atoms with Crippen LogP contribution in [0.2, 0.25) is 0 Å². The van der Waals surface area contributed by atoms with E-state index in [9.17, 15) is 14.4 Å². The summed E-state index contributed by atoms with van der Waals surface area (Å²) >= 11 is 3.42. The predicted octanol–water partition coefficient (Wildman–Crippen LogP) is 4.34. The van der Waals surface area contributed by atoms with Crippen molar-refractivity contribution in [2.24, 2.45) is 0 Å². The van der Waals surface area contributed by atoms with Gasteiger partial charge in [-0.2, -0.15) is 0 Å². The zero-order valence-corrected chi connectivity index (χ0v) is 18.6. The Morgan fingerprint density at radius 2 is 1.83 bits per heavy atom. The van der Waals surface area contributed by atoms with Crippen molar-refractivity contribution >= 4 is 33.7 Å². The van der Waals surface area contributed by atoms with E-state index in [1.807, 2.05) is 61.5 Å². The van der Waals surface area contributed by atoms with E-state index < -0.39 is 11.7 Å². The number of benzene rings is 2. The normalized spacial score (nSPS) is 19.7. The molecule has 1 saturated heterocycles. The van der Waals surface area contributed by atoms with Crippen LogP contribution in [0.3, 0.4) is 0 Å². The molecule has 3 rings (SSSR count). The van der Waals surface area contributed by atoms with E-state index in [0.717, 1.165) is 15.6 Å². The van der Waals surface area contributed by atoms with Crippen molar-refractivity contribution in [3.63, 3.8) is 0 Å². The van der Waals surface area contributed by atoms with Crippen LogP contribution >= 0.6 is 15.9 Å². The van der Waals surface area contributed by atoms with Crippen molar-refractivity contribution in [1.29, 1.82) is 0 Å². The number of Topliss-reactive ketones (excluding diaryl/α,β-unsaturated/α-hetero) is 1. The Morgan fingerprint density at radius 3 is 2.43 bits per heavy atom. The lowest BCUT2D eigenvalue weighted by Gasteiger charge is -2.43. The number of nitrogens with one attached hydrogen (secondary N) is 1. The monoisotopic (exact) mass is 472 g/mol. The zero-order valence-electron chi connectivity index (χ0n) is 17.1. The summed E-state index contributed by atoms with van der Waals surface area (Å²) in [4.78, 5) is 38.4. The van der Waals surface area contributed by atoms with Gasteiger partial charge in [-0.3, -0.25) is 9.59 Å². The van der Waals surface area contributed by atoms with Crippen LogP contribution in [0.5, 0.6) is 0 Å². The maximum Gasteiger partial charge on any atom is 0.411 e. The molecule has 0 saturated carbocycles. The minimum absolute atomic E-state index is 0.0312. The highest BCUT2D eigenvalue weighted by Crippen LogP contribution is 2.39. The minimum atomic E-state index is -1.06. The molecule has 2 amide bonds. The van der Waals surface area contributed by atoms with Crippen molar-refractivity contribution < 1.29 is 19.1 Å². The van der Waals surface area contributed by atoms with Gasteiger partial charge in [0.05, 0.1) is 19.0 Å². The summed E-state index contributed by atoms with van der Waals surface area (Å²) in [5.74, 6) is -0.455. The molecule has 0 spiro atoms. The molecule has 2 aromatic rings. The summed E-state index contributed by atoms with van der Waals surface area (Å²) in [5.41, 5.74) is 0.712. The molecule has 0 bridgehead atoms. The van der Waals surface area contributed by atoms with E-state index in [0.29, 0.717) is 13.0 Å². The van der Waals surface area contributed by atoms with Gasteiger partial charge < -0.3 is 15.0 Å². The fraction of sp³-hybridized carbons (Fsp3) is 0.348. The van der Waals surface area contributed by atoms with Gasteiger partial charge in [-0.05, 0) is 37.1 Å². The first-order valence-corrected chi connectivity index (χ1v) is 10.7. The Morgan fingerprint density at radius 1 is 1.17 bits per heavy atom. The van der Waals surface area contributed by atoms with Crippen molar-refractivity contribution in [3.8, 4) is 0 Å². The number of carbonyl (C=O) groups is 3. The first-order chi connectivity index (χ1) is 14.3. The van der Waals surface area contributed by atoms with Crippen LogP contribution in [-0.4, -0.2) is 35.8 Å². The average molecular weight is 473 g/mol. The number of hydrogen-bond acceptors (Lipinski definition) is 4. The molecule has 0 aliphatic carbocycles. The number of rotatable bonds is 7. The Kier molecular flexibility index (Phi) is 6.92. The van der Waals surface area contributed by atoms with Crippen molar-refractivity contribution in [2.75, 3.05) is 13.1 Å². The van der Waals surface area contributed by atoms with Crippen molar-refractivity contribution in [1.82, 2.24) is 10.2 Å². The highest BCUT2D eigenvalue weighted by molar-refractivity contribution is 9.10. The third-order valence-electron chi connectivity index (χ3n) is 5.37. The van der Waals surface area contributed by atoms with Gasteiger partial charge in [-0.1, -0.05) is 58.4 Å². The Bertz CT molecular complexity index is 917. The number of carbonyl (C=O) groups excluding carboxylic acids is 3. The smallest absolute Gasteiger partial charge is 0.411 e. The molecule has 1 heterocycles. The number of amides is 2. The van der Waals surface area contributed by atoms with Gasteiger partial charge >= 0.3 is 6.09 Å². The lowest BCUT2D eigenvalue weighted by Crippen LogP contribution is -2.50. The van der Waals surface area contributed by atoms with E-state index in [-0.39, 0.29) is 30.7 Å². The number of ether oxygens (including phenoxy) is 1. The highest BCUT2D eigenvalue weighted by Gasteiger charge is 2.45. The van der Waals surface area contributed by atoms with Gasteiger partial charge in [-0.25, -0.2) is 4.79 Å². The minimum Gasteiger partial charge on any atom is -0.437 e. The number of hydrogen-bond donors (Lipinski definition) is 1. The van der Waals surface area contributed by atoms with Gasteiger partial charge in [0.25, 0.3) is 0 Å². The first kappa shape index (κ1) is 22.0. The van der Waals surface area contributed by atoms with Crippen molar-refractivity contribution in [2.45, 2.75) is 38.3 Å². The van der Waals surface area contributed by atoms with Crippen LogP contribution in [0, 0.1) is 0 Å². The second-order valence-corrected chi connectivity index (χ2v) is 8.47. The molecule has 1 fully saturated rings. The topological polar surface area (TPSA) is 75.7 Å². The van der Waals surface area contributed by atoms with Crippen LogP contribution in [0.1, 0.15) is 43.9 Å². The summed E-state index contributed by atoms with van der Waals surface area (Å²) < 4.78 is 6.92. The average Bonchev–Trinajstić information content (AvgIpc) is 2.73. The zero-order chi connectivity index (χ0) is 21.7. The summed E-state index contributed by atoms with van der Waals surface area (Å²) in [7, 11) is 0. The molecule has 0 unspecified atom stereocenters. The van der Waals surface area contributed by atoms with Gasteiger partial charge in [-0.15, -0.1) is 0 Å². The van der Waals surface area contributed by atoms with Gasteiger partial charge in [0, 0.05) is 17.4 Å². The Hall–Kier alpha value is -2.67. The lowest BCUT2D eigenvalue weighted by molar-refractivity contribution is -0.132. The van der Waals surface area contributed by atoms with Crippen LogP contribution in [0.25, 0.3) is 0 Å². The first-order valence-electron chi connectivity index (χ1n) is 9.87. The SMILES string of the molecule is CC(=O)CNC(=O)C[C@]1(c2ccccc2)CCN([C@@H](C)c2ccc(Br)cc2)C(=O)O1. The van der Waals surface area contributed by atoms with Crippen molar-refractivity contribution in [3.05, 3.63) is 70.2 Å². The fourth-order valence-corrected chi connectivity index (χ4v) is 3.92. The largest absolute Gasteiger partial charge is 0.437 e. The van der Waals surface area contributed by atoms with E-state index in [1.165, 1.54) is 6.92 Å². The second-order valence-electron chi connectivity index (χ2n) is 7.55. The van der Waals surface area contributed by atoms with Crippen LogP contribution in [0.4, 0.5) is 4.79 Å². The standard InChI is InChI=1S/C23H25BrN2O4/c1-16(27)15-25-21(28)14-23(19-6-4-3-5-7-19)12-13-26(22(29)30-23)17(2)18-8-10-20(24)11-9-18/h3-11,17H,12-15H2,1-2H3,(H,25,28)/t17-,23-/m0/s1. The number of nitrogens with zero attached hydrogens (tertiary/aromatic N) is 1. The van der Waals surface area contributed by atoms with Gasteiger partial charge in [0.15, 0.2) is 0 Å². The van der Waals surface area contributed by atoms with Crippen LogP contribution in [0.15, 0.2) is 59.1 Å². The molecule has 2 atom stereocenters. The maximum absolute atomic E-state index is 13.0. The quantitative estimate of drug-likeness (QED) is 0.649. The molecular formula is C23H25BrN2O4. The number of ketones is 1. The van der Waals surface area contributed by atoms with Gasteiger partial charge in [0.1, 0.15) is 11.4 Å². The maximum atomic E-state index is 13.0. The molecule has 30 heavy (non-hydrogen) atoms. The summed E-state index contributed by atoms with van der Waals surface area (Å²) in [5, 5.41) is 2.61. The molecule has 0 aromatic heterocycles. The van der Waals surface area contributed by atoms with E-state index in [4.69, 9.17) is 4.74 Å². The molecule has 2 aromatic carbocycles. The second kappa shape index (κ2) is 9.43. The predicted molar refractivity (Wildman–Crippen MR) is 117 cm³/mol. The third-order valence-corrected chi connectivity index (χ3v) is 5.90. The molecule has 1 N–H and O–H groups in total. The number of cyclic esters (lactones) is 1. The van der Waals surface area contributed by atoms with Gasteiger partial charge in [0.2, 0.25) is 5.91 Å². The molecule has 6 nitrogen and oxygen atoms in total. The van der Waals surface area contributed by atoms with E-state index >= 15 is 0 Å². The molecule has 1 aliphatic heterocycles. The molecule has 0 radical (unpaired) electrons. The summed E-state index contributed by atoms with van der Waals surface area (Å²) in [6.45, 7) is 3.78. The molecular weight excluding hydrogens is 448 g/mol. The Labute approximate surface area is 184 Å². The lowest BCUT2D eigenvalue weighted by atomic mass is 9.85. The Balaban J connectivity index is 1.80. The van der Waals surface area contributed by atoms with E-state index in [2.05, 4.69) is 21.2 Å². The van der Waals surface area contributed by atoms with Crippen LogP contribution in [-0.2, 0) is 19.9 Å². The number of halogens is 1. The summed E-state index contributed by atoms with van der Waals surface area (Å²) in [6, 6.07) is 17.0. The molecule has 158 valence electrons. The summed E-state index contributed by atoms with van der Waals surface area (Å²) in [6.07, 6.45) is -0.0203. The van der Waals surface area contributed by atoms with E-state index in [1.54, 1.807) is 4.90 Å².